The highest BCUT2D eigenvalue weighted by molar-refractivity contribution is 7.19. The van der Waals surface area contributed by atoms with Gasteiger partial charge in [-0.15, -0.1) is 10.2 Å². The Morgan fingerprint density at radius 2 is 1.08 bits per heavy atom. The van der Waals surface area contributed by atoms with Crippen LogP contribution in [0.1, 0.15) is 20.7 Å². The second-order valence-electron chi connectivity index (χ2n) is 4.83. The van der Waals surface area contributed by atoms with E-state index < -0.39 is 0 Å². The predicted octanol–water partition coefficient (Wildman–Crippen LogP) is 4.35. The standard InChI is InChI=1S/C16H10Cl2N4O2S/c17-11-5-1-9(2-6-11)13(23)19-15-21-22-16(25-15)20-14(24)10-3-7-12(18)8-4-10/h1-8H,(H,19,21,23)(H,20,22,24). The summed E-state index contributed by atoms with van der Waals surface area (Å²) in [4.78, 5) is 24.2. The average molecular weight is 393 g/mol. The molecule has 0 aliphatic carbocycles. The lowest BCUT2D eigenvalue weighted by Crippen LogP contribution is -2.11. The highest BCUT2D eigenvalue weighted by Gasteiger charge is 2.13. The zero-order valence-corrected chi connectivity index (χ0v) is 14.8. The molecule has 0 fully saturated rings. The summed E-state index contributed by atoms with van der Waals surface area (Å²) in [6.07, 6.45) is 0. The molecule has 0 atom stereocenters. The Morgan fingerprint density at radius 3 is 1.44 bits per heavy atom. The van der Waals surface area contributed by atoms with Crippen molar-refractivity contribution in [3.63, 3.8) is 0 Å². The number of carbonyl (C=O) groups excluding carboxylic acids is 2. The van der Waals surface area contributed by atoms with Crippen LogP contribution < -0.4 is 10.6 Å². The third kappa shape index (κ3) is 4.54. The quantitative estimate of drug-likeness (QED) is 0.690. The van der Waals surface area contributed by atoms with E-state index in [-0.39, 0.29) is 22.1 Å². The molecule has 0 saturated heterocycles. The van der Waals surface area contributed by atoms with E-state index in [9.17, 15) is 9.59 Å². The van der Waals surface area contributed by atoms with Crippen LogP contribution in [-0.4, -0.2) is 22.0 Å². The van der Waals surface area contributed by atoms with Gasteiger partial charge in [-0.1, -0.05) is 34.5 Å². The Hall–Kier alpha value is -2.48. The third-order valence-electron chi connectivity index (χ3n) is 3.08. The fourth-order valence-corrected chi connectivity index (χ4v) is 2.75. The molecule has 3 rings (SSSR count). The van der Waals surface area contributed by atoms with Gasteiger partial charge in [-0.25, -0.2) is 0 Å². The fourth-order valence-electron chi connectivity index (χ4n) is 1.87. The Bertz CT molecular complexity index is 837. The van der Waals surface area contributed by atoms with Crippen LogP contribution in [0.25, 0.3) is 0 Å². The maximum Gasteiger partial charge on any atom is 0.257 e. The van der Waals surface area contributed by atoms with Crippen LogP contribution in [0.15, 0.2) is 48.5 Å². The summed E-state index contributed by atoms with van der Waals surface area (Å²) in [6.45, 7) is 0. The minimum Gasteiger partial charge on any atom is -0.296 e. The molecule has 3 aromatic rings. The molecule has 0 unspecified atom stereocenters. The molecule has 9 heteroatoms. The summed E-state index contributed by atoms with van der Waals surface area (Å²) in [6, 6.07) is 12.9. The molecule has 0 bridgehead atoms. The number of nitrogens with zero attached hydrogens (tertiary/aromatic N) is 2. The van der Waals surface area contributed by atoms with Crippen LogP contribution in [0, 0.1) is 0 Å². The van der Waals surface area contributed by atoms with Gasteiger partial charge in [-0.3, -0.25) is 20.2 Å². The fraction of sp³-hybridized carbons (Fsp3) is 0. The van der Waals surface area contributed by atoms with Crippen molar-refractivity contribution in [3.8, 4) is 0 Å². The van der Waals surface area contributed by atoms with Crippen molar-refractivity contribution >= 4 is 56.6 Å². The summed E-state index contributed by atoms with van der Waals surface area (Å²) >= 11 is 12.6. The van der Waals surface area contributed by atoms with E-state index in [0.717, 1.165) is 11.3 Å². The summed E-state index contributed by atoms with van der Waals surface area (Å²) in [5.41, 5.74) is 0.873. The van der Waals surface area contributed by atoms with E-state index in [2.05, 4.69) is 20.8 Å². The summed E-state index contributed by atoms with van der Waals surface area (Å²) in [5, 5.41) is 14.5. The summed E-state index contributed by atoms with van der Waals surface area (Å²) in [7, 11) is 0. The molecular formula is C16H10Cl2N4O2S. The highest BCUT2D eigenvalue weighted by Crippen LogP contribution is 2.22. The molecule has 6 nitrogen and oxygen atoms in total. The molecule has 2 amide bonds. The van der Waals surface area contributed by atoms with E-state index in [4.69, 9.17) is 23.2 Å². The largest absolute Gasteiger partial charge is 0.296 e. The Kier molecular flexibility index (Phi) is 5.28. The molecule has 0 aliphatic heterocycles. The van der Waals surface area contributed by atoms with Crippen LogP contribution in [-0.2, 0) is 0 Å². The molecule has 0 spiro atoms. The smallest absolute Gasteiger partial charge is 0.257 e. The predicted molar refractivity (Wildman–Crippen MR) is 98.7 cm³/mol. The van der Waals surface area contributed by atoms with Gasteiger partial charge in [0.2, 0.25) is 10.3 Å². The molecule has 25 heavy (non-hydrogen) atoms. The molecule has 1 heterocycles. The van der Waals surface area contributed by atoms with Gasteiger partial charge in [0.05, 0.1) is 0 Å². The number of anilines is 2. The van der Waals surface area contributed by atoms with E-state index >= 15 is 0 Å². The van der Waals surface area contributed by atoms with Crippen molar-refractivity contribution in [2.75, 3.05) is 10.6 Å². The number of hydrogen-bond acceptors (Lipinski definition) is 5. The molecule has 1 aromatic heterocycles. The first-order valence-corrected chi connectivity index (χ1v) is 8.56. The van der Waals surface area contributed by atoms with E-state index in [1.165, 1.54) is 0 Å². The first kappa shape index (κ1) is 17.3. The van der Waals surface area contributed by atoms with E-state index in [1.54, 1.807) is 48.5 Å². The van der Waals surface area contributed by atoms with Crippen LogP contribution in [0.5, 0.6) is 0 Å². The van der Waals surface area contributed by atoms with Crippen LogP contribution >= 0.6 is 34.5 Å². The van der Waals surface area contributed by atoms with E-state index in [1.807, 2.05) is 0 Å². The second kappa shape index (κ2) is 7.60. The first-order chi connectivity index (χ1) is 12.0. The van der Waals surface area contributed by atoms with E-state index in [0.29, 0.717) is 21.2 Å². The second-order valence-corrected chi connectivity index (χ2v) is 6.68. The molecule has 2 aromatic carbocycles. The van der Waals surface area contributed by atoms with Gasteiger partial charge < -0.3 is 0 Å². The van der Waals surface area contributed by atoms with Gasteiger partial charge in [0, 0.05) is 21.2 Å². The monoisotopic (exact) mass is 392 g/mol. The molecule has 2 N–H and O–H groups in total. The lowest BCUT2D eigenvalue weighted by atomic mass is 10.2. The summed E-state index contributed by atoms with van der Waals surface area (Å²) < 4.78 is 0. The van der Waals surface area contributed by atoms with Crippen LogP contribution in [0.3, 0.4) is 0 Å². The summed E-state index contributed by atoms with van der Waals surface area (Å²) in [5.74, 6) is -0.688. The van der Waals surface area contributed by atoms with Crippen molar-refractivity contribution in [2.45, 2.75) is 0 Å². The van der Waals surface area contributed by atoms with Gasteiger partial charge in [-0.05, 0) is 48.5 Å². The number of halogens is 2. The molecular weight excluding hydrogens is 383 g/mol. The maximum atomic E-state index is 12.1. The number of rotatable bonds is 4. The molecule has 0 radical (unpaired) electrons. The topological polar surface area (TPSA) is 84.0 Å². The number of amides is 2. The zero-order chi connectivity index (χ0) is 17.8. The molecule has 126 valence electrons. The number of nitrogens with one attached hydrogen (secondary N) is 2. The lowest BCUT2D eigenvalue weighted by molar-refractivity contribution is 0.101. The zero-order valence-electron chi connectivity index (χ0n) is 12.5. The van der Waals surface area contributed by atoms with Crippen LogP contribution in [0.4, 0.5) is 10.3 Å². The normalized spacial score (nSPS) is 10.3. The van der Waals surface area contributed by atoms with Gasteiger partial charge in [-0.2, -0.15) is 0 Å². The Labute approximate surface area is 156 Å². The van der Waals surface area contributed by atoms with Crippen molar-refractivity contribution in [1.29, 1.82) is 0 Å². The van der Waals surface area contributed by atoms with Gasteiger partial charge in [0.15, 0.2) is 0 Å². The average Bonchev–Trinajstić information content (AvgIpc) is 3.02. The van der Waals surface area contributed by atoms with Crippen molar-refractivity contribution < 1.29 is 9.59 Å². The minimum absolute atomic E-state index is 0.270. The Morgan fingerprint density at radius 1 is 0.720 bits per heavy atom. The van der Waals surface area contributed by atoms with Gasteiger partial charge in [0.1, 0.15) is 0 Å². The molecule has 0 saturated carbocycles. The first-order valence-electron chi connectivity index (χ1n) is 6.98. The number of hydrogen-bond donors (Lipinski definition) is 2. The SMILES string of the molecule is O=C(Nc1nnc(NC(=O)c2ccc(Cl)cc2)s1)c1ccc(Cl)cc1. The third-order valence-corrected chi connectivity index (χ3v) is 4.34. The van der Waals surface area contributed by atoms with Crippen LogP contribution in [0.2, 0.25) is 10.0 Å². The lowest BCUT2D eigenvalue weighted by Gasteiger charge is -2.01. The van der Waals surface area contributed by atoms with Gasteiger partial charge in [0.25, 0.3) is 11.8 Å². The minimum atomic E-state index is -0.344. The highest BCUT2D eigenvalue weighted by atomic mass is 35.5. The number of aromatic nitrogens is 2. The van der Waals surface area contributed by atoms with Crippen molar-refractivity contribution in [1.82, 2.24) is 10.2 Å². The van der Waals surface area contributed by atoms with Gasteiger partial charge >= 0.3 is 0 Å². The van der Waals surface area contributed by atoms with Crippen molar-refractivity contribution in [3.05, 3.63) is 69.7 Å². The number of benzene rings is 2. The molecule has 0 aliphatic rings. The Balaban J connectivity index is 1.64. The van der Waals surface area contributed by atoms with Crippen molar-refractivity contribution in [2.24, 2.45) is 0 Å². The number of carbonyl (C=O) groups is 2. The maximum absolute atomic E-state index is 12.1.